The summed E-state index contributed by atoms with van der Waals surface area (Å²) < 4.78 is 5.78. The number of nitrogens with one attached hydrogen (secondary N) is 1. The van der Waals surface area contributed by atoms with Gasteiger partial charge >= 0.3 is 0 Å². The minimum atomic E-state index is -0.468. The van der Waals surface area contributed by atoms with Gasteiger partial charge in [0.15, 0.2) is 10.4 Å². The quantitative estimate of drug-likeness (QED) is 0.933. The van der Waals surface area contributed by atoms with E-state index in [1.807, 2.05) is 19.2 Å². The number of furan rings is 1. The Balaban J connectivity index is 2.19. The van der Waals surface area contributed by atoms with Gasteiger partial charge in [-0.25, -0.2) is 4.98 Å². The van der Waals surface area contributed by atoms with Crippen LogP contribution in [0.2, 0.25) is 0 Å². The summed E-state index contributed by atoms with van der Waals surface area (Å²) in [5.41, 5.74) is -0.468. The second kappa shape index (κ2) is 5.24. The summed E-state index contributed by atoms with van der Waals surface area (Å²) in [4.78, 5) is 16.4. The summed E-state index contributed by atoms with van der Waals surface area (Å²) in [6, 6.07) is 3.33. The van der Waals surface area contributed by atoms with E-state index in [2.05, 4.69) is 26.2 Å². The maximum atomic E-state index is 12.1. The number of aromatic nitrogens is 1. The number of amides is 1. The zero-order valence-electron chi connectivity index (χ0n) is 10.1. The van der Waals surface area contributed by atoms with Crippen LogP contribution in [-0.4, -0.2) is 10.9 Å². The molecule has 4 nitrogen and oxygen atoms in total. The van der Waals surface area contributed by atoms with Crippen LogP contribution >= 0.6 is 27.3 Å². The van der Waals surface area contributed by atoms with Crippen LogP contribution in [0, 0.1) is 0 Å². The summed E-state index contributed by atoms with van der Waals surface area (Å²) in [6.07, 6.45) is 2.50. The average molecular weight is 329 g/mol. The van der Waals surface area contributed by atoms with Crippen LogP contribution in [0.15, 0.2) is 32.8 Å². The molecule has 2 heterocycles. The molecule has 0 saturated carbocycles. The Morgan fingerprint density at radius 1 is 1.61 bits per heavy atom. The molecule has 0 spiro atoms. The highest BCUT2D eigenvalue weighted by Crippen LogP contribution is 2.27. The molecule has 0 radical (unpaired) electrons. The molecule has 96 valence electrons. The van der Waals surface area contributed by atoms with E-state index in [1.165, 1.54) is 11.3 Å². The van der Waals surface area contributed by atoms with Crippen molar-refractivity contribution in [3.8, 4) is 0 Å². The van der Waals surface area contributed by atoms with Crippen LogP contribution in [0.25, 0.3) is 0 Å². The Morgan fingerprint density at radius 3 is 2.89 bits per heavy atom. The number of hydrogen-bond donors (Lipinski definition) is 1. The van der Waals surface area contributed by atoms with E-state index in [9.17, 15) is 4.79 Å². The third kappa shape index (κ3) is 2.64. The van der Waals surface area contributed by atoms with Gasteiger partial charge in [0.2, 0.25) is 0 Å². The van der Waals surface area contributed by atoms with Crippen molar-refractivity contribution in [2.75, 3.05) is 0 Å². The molecule has 18 heavy (non-hydrogen) atoms. The summed E-state index contributed by atoms with van der Waals surface area (Å²) in [5, 5.41) is 5.76. The maximum absolute atomic E-state index is 12.1. The third-order valence-corrected chi connectivity index (χ3v) is 4.26. The molecule has 0 unspecified atom stereocenters. The Labute approximate surface area is 118 Å². The third-order valence-electron chi connectivity index (χ3n) is 2.80. The molecule has 2 aromatic rings. The van der Waals surface area contributed by atoms with E-state index in [0.29, 0.717) is 4.67 Å². The first kappa shape index (κ1) is 13.3. The average Bonchev–Trinajstić information content (AvgIpc) is 2.99. The lowest BCUT2D eigenvalue weighted by atomic mass is 10.00. The highest BCUT2D eigenvalue weighted by atomic mass is 79.9. The Kier molecular flexibility index (Phi) is 3.87. The Hall–Kier alpha value is -1.14. The molecule has 1 amide bonds. The van der Waals surface area contributed by atoms with Crippen molar-refractivity contribution in [3.05, 3.63) is 39.1 Å². The van der Waals surface area contributed by atoms with E-state index in [0.717, 1.165) is 11.4 Å². The fourth-order valence-corrected chi connectivity index (χ4v) is 2.67. The molecule has 1 atom stereocenters. The number of rotatable bonds is 4. The predicted octanol–water partition coefficient (Wildman–Crippen LogP) is 3.55. The van der Waals surface area contributed by atoms with Crippen molar-refractivity contribution in [2.24, 2.45) is 0 Å². The number of thiazole rings is 1. The molecule has 0 saturated heterocycles. The zero-order chi connectivity index (χ0) is 13.2. The predicted molar refractivity (Wildman–Crippen MR) is 73.6 cm³/mol. The number of halogens is 1. The van der Waals surface area contributed by atoms with Crippen LogP contribution in [-0.2, 0) is 5.54 Å². The first-order chi connectivity index (χ1) is 8.55. The summed E-state index contributed by atoms with van der Waals surface area (Å²) in [5.74, 6) is 0.0540. The number of carbonyl (C=O) groups is 1. The van der Waals surface area contributed by atoms with E-state index in [-0.39, 0.29) is 11.7 Å². The molecule has 0 bridgehead atoms. The minimum Gasteiger partial charge on any atom is -0.444 e. The van der Waals surface area contributed by atoms with Gasteiger partial charge in [-0.1, -0.05) is 6.92 Å². The summed E-state index contributed by atoms with van der Waals surface area (Å²) >= 11 is 4.71. The monoisotopic (exact) mass is 328 g/mol. The molecule has 0 aliphatic heterocycles. The van der Waals surface area contributed by atoms with Crippen molar-refractivity contribution in [2.45, 2.75) is 25.8 Å². The van der Waals surface area contributed by atoms with Gasteiger partial charge < -0.3 is 9.73 Å². The van der Waals surface area contributed by atoms with Crippen LogP contribution in [0.3, 0.4) is 0 Å². The lowest BCUT2D eigenvalue weighted by Gasteiger charge is -2.26. The molecule has 2 rings (SSSR count). The first-order valence-electron chi connectivity index (χ1n) is 5.53. The van der Waals surface area contributed by atoms with E-state index in [1.54, 1.807) is 18.3 Å². The highest BCUT2D eigenvalue weighted by Gasteiger charge is 2.30. The molecule has 0 aromatic carbocycles. The SMILES string of the molecule is CC[C@](C)(NC(=O)c1ccc(Br)o1)c1nccs1. The van der Waals surface area contributed by atoms with Gasteiger partial charge in [0.1, 0.15) is 5.01 Å². The van der Waals surface area contributed by atoms with Crippen molar-refractivity contribution in [3.63, 3.8) is 0 Å². The van der Waals surface area contributed by atoms with Gasteiger partial charge in [-0.15, -0.1) is 11.3 Å². The molecule has 0 fully saturated rings. The zero-order valence-corrected chi connectivity index (χ0v) is 12.5. The smallest absolute Gasteiger partial charge is 0.287 e. The molecular formula is C12H13BrN2O2S. The van der Waals surface area contributed by atoms with E-state index in [4.69, 9.17) is 4.42 Å². The Bertz CT molecular complexity index is 538. The van der Waals surface area contributed by atoms with Crippen LogP contribution in [0.1, 0.15) is 35.8 Å². The maximum Gasteiger partial charge on any atom is 0.287 e. The molecular weight excluding hydrogens is 316 g/mol. The second-order valence-corrected chi connectivity index (χ2v) is 5.76. The van der Waals surface area contributed by atoms with Crippen LogP contribution in [0.4, 0.5) is 0 Å². The van der Waals surface area contributed by atoms with Gasteiger partial charge in [0.25, 0.3) is 5.91 Å². The van der Waals surface area contributed by atoms with Crippen LogP contribution in [0.5, 0.6) is 0 Å². The standard InChI is InChI=1S/C12H13BrN2O2S/c1-3-12(2,11-14-6-7-18-11)15-10(16)8-4-5-9(13)17-8/h4-7H,3H2,1-2H3,(H,15,16)/t12-/m0/s1. The van der Waals surface area contributed by atoms with E-state index < -0.39 is 5.54 Å². The fraction of sp³-hybridized carbons (Fsp3) is 0.333. The van der Waals surface area contributed by atoms with Gasteiger partial charge in [-0.05, 0) is 41.4 Å². The van der Waals surface area contributed by atoms with Gasteiger partial charge in [0.05, 0.1) is 5.54 Å². The fourth-order valence-electron chi connectivity index (χ4n) is 1.54. The molecule has 6 heteroatoms. The minimum absolute atomic E-state index is 0.236. The first-order valence-corrected chi connectivity index (χ1v) is 7.20. The van der Waals surface area contributed by atoms with Gasteiger partial charge in [0, 0.05) is 11.6 Å². The molecule has 0 aliphatic rings. The lowest BCUT2D eigenvalue weighted by molar-refractivity contribution is 0.0872. The molecule has 0 aliphatic carbocycles. The topological polar surface area (TPSA) is 55.1 Å². The van der Waals surface area contributed by atoms with Gasteiger partial charge in [-0.3, -0.25) is 4.79 Å². The lowest BCUT2D eigenvalue weighted by Crippen LogP contribution is -2.42. The van der Waals surface area contributed by atoms with Crippen molar-refractivity contribution < 1.29 is 9.21 Å². The van der Waals surface area contributed by atoms with Gasteiger partial charge in [-0.2, -0.15) is 0 Å². The highest BCUT2D eigenvalue weighted by molar-refractivity contribution is 9.10. The number of nitrogens with zero attached hydrogens (tertiary/aromatic N) is 1. The normalized spacial score (nSPS) is 14.2. The largest absolute Gasteiger partial charge is 0.444 e. The summed E-state index contributed by atoms with van der Waals surface area (Å²) in [7, 11) is 0. The molecule has 2 aromatic heterocycles. The van der Waals surface area contributed by atoms with Crippen molar-refractivity contribution in [1.82, 2.24) is 10.3 Å². The number of carbonyl (C=O) groups excluding carboxylic acids is 1. The number of hydrogen-bond acceptors (Lipinski definition) is 4. The second-order valence-electron chi connectivity index (χ2n) is 4.08. The Morgan fingerprint density at radius 2 is 2.39 bits per heavy atom. The van der Waals surface area contributed by atoms with Crippen molar-refractivity contribution in [1.29, 1.82) is 0 Å². The molecule has 1 N–H and O–H groups in total. The van der Waals surface area contributed by atoms with Crippen LogP contribution < -0.4 is 5.32 Å². The summed E-state index contributed by atoms with van der Waals surface area (Å²) in [6.45, 7) is 3.97. The van der Waals surface area contributed by atoms with E-state index >= 15 is 0 Å². The van der Waals surface area contributed by atoms with Crippen molar-refractivity contribution >= 4 is 33.2 Å².